The average Bonchev–Trinajstić information content (AvgIpc) is 2.50. The molecule has 1 amide bonds. The molecule has 23 heavy (non-hydrogen) atoms. The van der Waals surface area contributed by atoms with Crippen LogP contribution in [0, 0.1) is 0 Å². The zero-order chi connectivity index (χ0) is 16.6. The third-order valence-corrected chi connectivity index (χ3v) is 4.40. The zero-order valence-electron chi connectivity index (χ0n) is 11.4. The second kappa shape index (κ2) is 6.47. The lowest BCUT2D eigenvalue weighted by Gasteiger charge is -2.06. The number of amides is 1. The highest BCUT2D eigenvalue weighted by atomic mass is 79.9. The van der Waals surface area contributed by atoms with E-state index in [0.29, 0.717) is 26.2 Å². The molecule has 1 aromatic heterocycles. The van der Waals surface area contributed by atoms with Crippen molar-refractivity contribution in [3.05, 3.63) is 72.4 Å². The highest BCUT2D eigenvalue weighted by Gasteiger charge is 2.15. The second-order valence-electron chi connectivity index (χ2n) is 4.71. The summed E-state index contributed by atoms with van der Waals surface area (Å²) in [4.78, 5) is 24.4. The smallest absolute Gasteiger partial charge is 0.349 e. The summed E-state index contributed by atoms with van der Waals surface area (Å²) in [6.45, 7) is 0. The number of hydrogen-bond donors (Lipinski definition) is 1. The largest absolute Gasteiger partial charge is 0.421 e. The molecule has 0 fully saturated rings. The van der Waals surface area contributed by atoms with Crippen molar-refractivity contribution in [2.24, 2.45) is 0 Å². The molecule has 0 bridgehead atoms. The number of rotatable bonds is 2. The van der Waals surface area contributed by atoms with Gasteiger partial charge in [0, 0.05) is 20.6 Å². The molecule has 0 aliphatic rings. The minimum Gasteiger partial charge on any atom is -0.421 e. The predicted molar refractivity (Wildman–Crippen MR) is 97.3 cm³/mol. The maximum absolute atomic E-state index is 12.3. The number of benzene rings is 2. The molecule has 0 saturated heterocycles. The van der Waals surface area contributed by atoms with E-state index in [4.69, 9.17) is 16.0 Å². The lowest BCUT2D eigenvalue weighted by molar-refractivity contribution is 0.102. The van der Waals surface area contributed by atoms with E-state index in [1.165, 1.54) is 6.07 Å². The van der Waals surface area contributed by atoms with Gasteiger partial charge in [0.15, 0.2) is 5.58 Å². The van der Waals surface area contributed by atoms with Crippen molar-refractivity contribution in [2.45, 2.75) is 0 Å². The summed E-state index contributed by atoms with van der Waals surface area (Å²) in [6.07, 6.45) is 0. The van der Waals surface area contributed by atoms with E-state index >= 15 is 0 Å². The molecule has 7 heteroatoms. The summed E-state index contributed by atoms with van der Waals surface area (Å²) in [5.41, 5.74) is 0.153. The van der Waals surface area contributed by atoms with Crippen LogP contribution in [0.3, 0.4) is 0 Å². The number of carbonyl (C=O) groups excluding carboxylic acids is 1. The van der Waals surface area contributed by atoms with Crippen molar-refractivity contribution in [2.75, 3.05) is 5.32 Å². The third kappa shape index (κ3) is 3.49. The Hall–Kier alpha value is -1.63. The van der Waals surface area contributed by atoms with Gasteiger partial charge in [-0.1, -0.05) is 27.5 Å². The molecular formula is C16H8Br2ClNO3. The molecule has 0 atom stereocenters. The normalized spacial score (nSPS) is 10.7. The summed E-state index contributed by atoms with van der Waals surface area (Å²) < 4.78 is 6.68. The molecule has 3 rings (SSSR count). The summed E-state index contributed by atoms with van der Waals surface area (Å²) in [6, 6.07) is 11.6. The highest BCUT2D eigenvalue weighted by molar-refractivity contribution is 9.11. The molecule has 0 saturated carbocycles. The first-order chi connectivity index (χ1) is 10.9. The van der Waals surface area contributed by atoms with Gasteiger partial charge in [-0.25, -0.2) is 4.79 Å². The summed E-state index contributed by atoms with van der Waals surface area (Å²) in [5.74, 6) is -0.543. The van der Waals surface area contributed by atoms with Crippen LogP contribution in [0.5, 0.6) is 0 Å². The second-order valence-corrected chi connectivity index (χ2v) is 6.92. The van der Waals surface area contributed by atoms with Gasteiger partial charge in [0.05, 0.1) is 4.47 Å². The Morgan fingerprint density at radius 3 is 2.48 bits per heavy atom. The maximum atomic E-state index is 12.3. The molecule has 2 aromatic carbocycles. The van der Waals surface area contributed by atoms with Gasteiger partial charge >= 0.3 is 5.63 Å². The van der Waals surface area contributed by atoms with Crippen LogP contribution >= 0.6 is 43.5 Å². The van der Waals surface area contributed by atoms with Crippen molar-refractivity contribution in [3.63, 3.8) is 0 Å². The zero-order valence-corrected chi connectivity index (χ0v) is 15.3. The van der Waals surface area contributed by atoms with Crippen molar-refractivity contribution in [3.8, 4) is 0 Å². The first-order valence-electron chi connectivity index (χ1n) is 6.44. The van der Waals surface area contributed by atoms with Crippen LogP contribution in [0.4, 0.5) is 5.69 Å². The fraction of sp³-hybridized carbons (Fsp3) is 0. The molecule has 0 aliphatic carbocycles. The molecule has 4 nitrogen and oxygen atoms in total. The van der Waals surface area contributed by atoms with Crippen LogP contribution < -0.4 is 10.9 Å². The molecule has 0 aliphatic heterocycles. The van der Waals surface area contributed by atoms with Gasteiger partial charge in [0.2, 0.25) is 0 Å². The third-order valence-electron chi connectivity index (χ3n) is 3.10. The van der Waals surface area contributed by atoms with Crippen LogP contribution in [-0.4, -0.2) is 5.91 Å². The van der Waals surface area contributed by atoms with Crippen LogP contribution in [-0.2, 0) is 0 Å². The van der Waals surface area contributed by atoms with Gasteiger partial charge in [-0.15, -0.1) is 0 Å². The van der Waals surface area contributed by atoms with E-state index in [0.717, 1.165) is 4.47 Å². The number of fused-ring (bicyclic) bond motifs is 1. The van der Waals surface area contributed by atoms with Crippen molar-refractivity contribution >= 4 is 66.0 Å². The standard InChI is InChI=1S/C16H8Br2ClNO3/c17-9-5-8-6-12(16(22)23-14(8)13(18)7-9)15(21)20-11-3-1-10(19)2-4-11/h1-7H,(H,20,21). The monoisotopic (exact) mass is 455 g/mol. The first kappa shape index (κ1) is 16.2. The number of halogens is 3. The summed E-state index contributed by atoms with van der Waals surface area (Å²) in [7, 11) is 0. The van der Waals surface area contributed by atoms with Gasteiger partial charge < -0.3 is 9.73 Å². The summed E-state index contributed by atoms with van der Waals surface area (Å²) in [5, 5.41) is 3.83. The molecule has 0 radical (unpaired) electrons. The number of nitrogens with one attached hydrogen (secondary N) is 1. The van der Waals surface area contributed by atoms with Crippen LogP contribution in [0.2, 0.25) is 5.02 Å². The predicted octanol–water partition coefficient (Wildman–Crippen LogP) is 5.22. The number of anilines is 1. The molecule has 116 valence electrons. The Morgan fingerprint density at radius 1 is 1.09 bits per heavy atom. The van der Waals surface area contributed by atoms with Crippen molar-refractivity contribution < 1.29 is 9.21 Å². The van der Waals surface area contributed by atoms with Gasteiger partial charge in [-0.3, -0.25) is 4.79 Å². The van der Waals surface area contributed by atoms with E-state index in [-0.39, 0.29) is 5.56 Å². The molecule has 0 unspecified atom stereocenters. The SMILES string of the molecule is O=C(Nc1ccc(Cl)cc1)c1cc2cc(Br)cc(Br)c2oc1=O. The highest BCUT2D eigenvalue weighted by Crippen LogP contribution is 2.28. The minimum absolute atomic E-state index is 0.0718. The Balaban J connectivity index is 2.01. The lowest BCUT2D eigenvalue weighted by Crippen LogP contribution is -2.20. The molecular weight excluding hydrogens is 449 g/mol. The van der Waals surface area contributed by atoms with E-state index in [1.807, 2.05) is 0 Å². The first-order valence-corrected chi connectivity index (χ1v) is 8.40. The van der Waals surface area contributed by atoms with Gasteiger partial charge in [0.1, 0.15) is 5.56 Å². The van der Waals surface area contributed by atoms with E-state index in [1.54, 1.807) is 36.4 Å². The van der Waals surface area contributed by atoms with Gasteiger partial charge in [-0.2, -0.15) is 0 Å². The fourth-order valence-electron chi connectivity index (χ4n) is 2.05. The van der Waals surface area contributed by atoms with E-state index < -0.39 is 11.5 Å². The van der Waals surface area contributed by atoms with Crippen molar-refractivity contribution in [1.82, 2.24) is 0 Å². The molecule has 1 heterocycles. The van der Waals surface area contributed by atoms with Gasteiger partial charge in [-0.05, 0) is 58.4 Å². The Kier molecular flexibility index (Phi) is 4.57. The molecule has 1 N–H and O–H groups in total. The van der Waals surface area contributed by atoms with Crippen LogP contribution in [0.1, 0.15) is 10.4 Å². The topological polar surface area (TPSA) is 59.3 Å². The summed E-state index contributed by atoms with van der Waals surface area (Å²) >= 11 is 12.5. The van der Waals surface area contributed by atoms with E-state index in [9.17, 15) is 9.59 Å². The van der Waals surface area contributed by atoms with Crippen LogP contribution in [0.15, 0.2) is 60.6 Å². The Labute approximate surface area is 152 Å². The van der Waals surface area contributed by atoms with Crippen molar-refractivity contribution in [1.29, 1.82) is 0 Å². The number of carbonyl (C=O) groups is 1. The maximum Gasteiger partial charge on any atom is 0.349 e. The number of hydrogen-bond acceptors (Lipinski definition) is 3. The van der Waals surface area contributed by atoms with Gasteiger partial charge in [0.25, 0.3) is 5.91 Å². The lowest BCUT2D eigenvalue weighted by atomic mass is 10.1. The average molecular weight is 458 g/mol. The molecule has 3 aromatic rings. The van der Waals surface area contributed by atoms with E-state index in [2.05, 4.69) is 37.2 Å². The Bertz CT molecular complexity index is 967. The quantitative estimate of drug-likeness (QED) is 0.537. The fourth-order valence-corrected chi connectivity index (χ4v) is 3.51. The van der Waals surface area contributed by atoms with Crippen LogP contribution in [0.25, 0.3) is 11.0 Å². The Morgan fingerprint density at radius 2 is 1.78 bits per heavy atom. The molecule has 0 spiro atoms. The minimum atomic E-state index is -0.702.